The zero-order valence-corrected chi connectivity index (χ0v) is 9.31. The summed E-state index contributed by atoms with van der Waals surface area (Å²) >= 11 is 3.22. The number of hydrogen-bond acceptors (Lipinski definition) is 2. The Balaban J connectivity index is 2.33. The molecule has 1 unspecified atom stereocenters. The lowest BCUT2D eigenvalue weighted by Crippen LogP contribution is -2.28. The third-order valence-electron chi connectivity index (χ3n) is 2.09. The van der Waals surface area contributed by atoms with E-state index in [4.69, 9.17) is 0 Å². The normalized spacial score (nSPS) is 20.5. The summed E-state index contributed by atoms with van der Waals surface area (Å²) in [6, 6.07) is 5.28. The predicted octanol–water partition coefficient (Wildman–Crippen LogP) is 2.33. The van der Waals surface area contributed by atoms with Crippen LogP contribution in [0.25, 0.3) is 0 Å². The number of aliphatic imine (C=N–C) groups is 1. The molecule has 1 aromatic rings. The highest BCUT2D eigenvalue weighted by Gasteiger charge is 2.17. The number of hydrogen-bond donors (Lipinski definition) is 1. The smallest absolute Gasteiger partial charge is 0.135 e. The Morgan fingerprint density at radius 1 is 1.57 bits per heavy atom. The molecule has 0 saturated heterocycles. The second kappa shape index (κ2) is 3.69. The number of amidine groups is 1. The minimum absolute atomic E-state index is 0.250. The van der Waals surface area contributed by atoms with Crippen LogP contribution < -0.4 is 5.32 Å². The molecule has 2 nitrogen and oxygen atoms in total. The van der Waals surface area contributed by atoms with Crippen molar-refractivity contribution in [2.24, 2.45) is 4.99 Å². The lowest BCUT2D eigenvalue weighted by atomic mass is 10.2. The SMILES string of the molecule is CC1CN=C(c2ccc(Br)cc2F)N1. The highest BCUT2D eigenvalue weighted by molar-refractivity contribution is 9.10. The van der Waals surface area contributed by atoms with E-state index in [0.29, 0.717) is 24.0 Å². The monoisotopic (exact) mass is 256 g/mol. The molecule has 1 aromatic carbocycles. The first-order valence-electron chi connectivity index (χ1n) is 4.43. The summed E-state index contributed by atoms with van der Waals surface area (Å²) in [7, 11) is 0. The maximum absolute atomic E-state index is 13.5. The van der Waals surface area contributed by atoms with Crippen LogP contribution in [0.1, 0.15) is 12.5 Å². The fourth-order valence-corrected chi connectivity index (χ4v) is 1.73. The second-order valence-corrected chi connectivity index (χ2v) is 4.27. The van der Waals surface area contributed by atoms with Crippen molar-refractivity contribution in [3.63, 3.8) is 0 Å². The Hall–Kier alpha value is -0.900. The van der Waals surface area contributed by atoms with Gasteiger partial charge in [0.25, 0.3) is 0 Å². The Morgan fingerprint density at radius 3 is 2.93 bits per heavy atom. The fraction of sp³-hybridized carbons (Fsp3) is 0.300. The van der Waals surface area contributed by atoms with Crippen LogP contribution >= 0.6 is 15.9 Å². The average molecular weight is 257 g/mol. The molecule has 1 aliphatic heterocycles. The fourth-order valence-electron chi connectivity index (χ4n) is 1.40. The van der Waals surface area contributed by atoms with E-state index in [1.807, 2.05) is 13.0 Å². The molecule has 0 saturated carbocycles. The van der Waals surface area contributed by atoms with Gasteiger partial charge in [0.05, 0.1) is 12.1 Å². The van der Waals surface area contributed by atoms with Crippen molar-refractivity contribution in [1.29, 1.82) is 0 Å². The second-order valence-electron chi connectivity index (χ2n) is 3.36. The van der Waals surface area contributed by atoms with E-state index in [0.717, 1.165) is 4.47 Å². The van der Waals surface area contributed by atoms with Crippen LogP contribution in [0, 0.1) is 5.82 Å². The molecular weight excluding hydrogens is 247 g/mol. The summed E-state index contributed by atoms with van der Waals surface area (Å²) in [6.45, 7) is 2.73. The predicted molar refractivity (Wildman–Crippen MR) is 58.1 cm³/mol. The molecule has 0 aromatic heterocycles. The van der Waals surface area contributed by atoms with Crippen LogP contribution in [0.5, 0.6) is 0 Å². The van der Waals surface area contributed by atoms with E-state index in [1.165, 1.54) is 6.07 Å². The minimum Gasteiger partial charge on any atom is -0.365 e. The van der Waals surface area contributed by atoms with Gasteiger partial charge in [0.2, 0.25) is 0 Å². The van der Waals surface area contributed by atoms with Crippen LogP contribution in [0.4, 0.5) is 4.39 Å². The molecule has 1 heterocycles. The van der Waals surface area contributed by atoms with E-state index in [-0.39, 0.29) is 5.82 Å². The van der Waals surface area contributed by atoms with E-state index in [2.05, 4.69) is 26.2 Å². The molecule has 0 fully saturated rings. The molecule has 1 atom stereocenters. The largest absolute Gasteiger partial charge is 0.365 e. The van der Waals surface area contributed by atoms with Crippen LogP contribution in [0.15, 0.2) is 27.7 Å². The first-order valence-corrected chi connectivity index (χ1v) is 5.22. The number of rotatable bonds is 1. The van der Waals surface area contributed by atoms with Crippen molar-refractivity contribution in [3.05, 3.63) is 34.1 Å². The van der Waals surface area contributed by atoms with Crippen LogP contribution in [-0.2, 0) is 0 Å². The van der Waals surface area contributed by atoms with E-state index >= 15 is 0 Å². The van der Waals surface area contributed by atoms with Crippen molar-refractivity contribution in [3.8, 4) is 0 Å². The minimum atomic E-state index is -0.250. The van der Waals surface area contributed by atoms with Gasteiger partial charge in [-0.25, -0.2) is 4.39 Å². The number of nitrogens with one attached hydrogen (secondary N) is 1. The van der Waals surface area contributed by atoms with Gasteiger partial charge >= 0.3 is 0 Å². The Kier molecular flexibility index (Phi) is 2.54. The quantitative estimate of drug-likeness (QED) is 0.820. The molecule has 2 rings (SSSR count). The third-order valence-corrected chi connectivity index (χ3v) is 2.59. The molecule has 4 heteroatoms. The molecule has 0 radical (unpaired) electrons. The topological polar surface area (TPSA) is 24.4 Å². The lowest BCUT2D eigenvalue weighted by Gasteiger charge is -2.06. The Bertz CT molecular complexity index is 390. The van der Waals surface area contributed by atoms with Gasteiger partial charge in [-0.3, -0.25) is 4.99 Å². The Labute approximate surface area is 90.4 Å². The molecule has 0 amide bonds. The number of nitrogens with zero attached hydrogens (tertiary/aromatic N) is 1. The van der Waals surface area contributed by atoms with Gasteiger partial charge in [0, 0.05) is 10.5 Å². The van der Waals surface area contributed by atoms with Crippen molar-refractivity contribution in [2.75, 3.05) is 6.54 Å². The Morgan fingerprint density at radius 2 is 2.36 bits per heavy atom. The van der Waals surface area contributed by atoms with Crippen molar-refractivity contribution in [1.82, 2.24) is 5.32 Å². The summed E-state index contributed by atoms with van der Waals surface area (Å²) in [5, 5.41) is 3.13. The number of halogens is 2. The molecule has 0 bridgehead atoms. The molecule has 1 aliphatic rings. The molecule has 74 valence electrons. The summed E-state index contributed by atoms with van der Waals surface area (Å²) in [6.07, 6.45) is 0. The summed E-state index contributed by atoms with van der Waals surface area (Å²) in [5.74, 6) is 0.405. The van der Waals surface area contributed by atoms with Gasteiger partial charge in [0.15, 0.2) is 0 Å². The van der Waals surface area contributed by atoms with Gasteiger partial charge in [-0.1, -0.05) is 15.9 Å². The zero-order valence-electron chi connectivity index (χ0n) is 7.72. The van der Waals surface area contributed by atoms with E-state index < -0.39 is 0 Å². The average Bonchev–Trinajstić information content (AvgIpc) is 2.51. The summed E-state index contributed by atoms with van der Waals surface area (Å²) < 4.78 is 14.2. The summed E-state index contributed by atoms with van der Waals surface area (Å²) in [4.78, 5) is 4.23. The van der Waals surface area contributed by atoms with Gasteiger partial charge in [-0.15, -0.1) is 0 Å². The molecule has 0 spiro atoms. The van der Waals surface area contributed by atoms with E-state index in [1.54, 1.807) is 6.07 Å². The molecule has 14 heavy (non-hydrogen) atoms. The van der Waals surface area contributed by atoms with Gasteiger partial charge < -0.3 is 5.32 Å². The van der Waals surface area contributed by atoms with Gasteiger partial charge in [-0.2, -0.15) is 0 Å². The van der Waals surface area contributed by atoms with Gasteiger partial charge in [0.1, 0.15) is 11.7 Å². The van der Waals surface area contributed by atoms with Crippen LogP contribution in [-0.4, -0.2) is 18.4 Å². The van der Waals surface area contributed by atoms with E-state index in [9.17, 15) is 4.39 Å². The maximum Gasteiger partial charge on any atom is 0.135 e. The van der Waals surface area contributed by atoms with Crippen molar-refractivity contribution in [2.45, 2.75) is 13.0 Å². The molecular formula is C10H10BrFN2. The standard InChI is InChI=1S/C10H10BrFN2/c1-6-5-13-10(14-6)8-3-2-7(11)4-9(8)12/h2-4,6H,5H2,1H3,(H,13,14). The molecule has 0 aliphatic carbocycles. The zero-order chi connectivity index (χ0) is 10.1. The van der Waals surface area contributed by atoms with Crippen molar-refractivity contribution >= 4 is 21.8 Å². The molecule has 1 N–H and O–H groups in total. The first kappa shape index (κ1) is 9.65. The highest BCUT2D eigenvalue weighted by atomic mass is 79.9. The lowest BCUT2D eigenvalue weighted by molar-refractivity contribution is 0.623. The van der Waals surface area contributed by atoms with Gasteiger partial charge in [-0.05, 0) is 25.1 Å². The van der Waals surface area contributed by atoms with Crippen LogP contribution in [0.2, 0.25) is 0 Å². The third kappa shape index (κ3) is 1.80. The maximum atomic E-state index is 13.5. The summed E-state index contributed by atoms with van der Waals surface area (Å²) in [5.41, 5.74) is 0.539. The number of benzene rings is 1. The van der Waals surface area contributed by atoms with Crippen molar-refractivity contribution < 1.29 is 4.39 Å². The highest BCUT2D eigenvalue weighted by Crippen LogP contribution is 2.16. The first-order chi connectivity index (χ1) is 6.66. The van der Waals surface area contributed by atoms with Crippen LogP contribution in [0.3, 0.4) is 0 Å².